The van der Waals surface area contributed by atoms with Gasteiger partial charge in [0.2, 0.25) is 0 Å². The maximum absolute atomic E-state index is 13.5. The maximum atomic E-state index is 13.5. The first-order chi connectivity index (χ1) is 19.7. The molecule has 4 rings (SSSR count). The number of hydrogen-bond donors (Lipinski definition) is 1. The van der Waals surface area contributed by atoms with Gasteiger partial charge in [-0.1, -0.05) is 137 Å². The number of carbonyl (C=O) groups is 3. The van der Waals surface area contributed by atoms with Crippen LogP contribution in [0.2, 0.25) is 0 Å². The first kappa shape index (κ1) is 31.3. The molecule has 0 spiro atoms. The van der Waals surface area contributed by atoms with Gasteiger partial charge in [0.25, 0.3) is 0 Å². The number of aliphatic hydroxyl groups excluding tert-OH is 1. The fourth-order valence-corrected chi connectivity index (χ4v) is 4.14. The Balaban J connectivity index is 0.000000445. The molecule has 0 heterocycles. The van der Waals surface area contributed by atoms with Gasteiger partial charge in [-0.3, -0.25) is 14.4 Å². The van der Waals surface area contributed by atoms with E-state index >= 15 is 0 Å². The molecule has 0 aromatic heterocycles. The van der Waals surface area contributed by atoms with Crippen molar-refractivity contribution in [2.24, 2.45) is 11.8 Å². The van der Waals surface area contributed by atoms with Crippen LogP contribution in [0.4, 0.5) is 0 Å². The lowest BCUT2D eigenvalue weighted by atomic mass is 9.86. The molecule has 0 bridgehead atoms. The van der Waals surface area contributed by atoms with Crippen LogP contribution in [-0.2, 0) is 4.74 Å². The molecule has 0 radical (unpaired) electrons. The summed E-state index contributed by atoms with van der Waals surface area (Å²) in [6.07, 6.45) is -1.46. The fraction of sp³-hybridized carbons (Fsp3) is 0.250. The van der Waals surface area contributed by atoms with Gasteiger partial charge in [0, 0.05) is 41.0 Å². The Labute approximate surface area is 242 Å². The Hall–Kier alpha value is -4.19. The van der Waals surface area contributed by atoms with E-state index in [2.05, 4.69) is 27.7 Å². The van der Waals surface area contributed by atoms with Gasteiger partial charge in [0.1, 0.15) is 6.10 Å². The Morgan fingerprint density at radius 3 is 1.51 bits per heavy atom. The van der Waals surface area contributed by atoms with Crippen molar-refractivity contribution in [3.63, 3.8) is 0 Å². The van der Waals surface area contributed by atoms with Gasteiger partial charge >= 0.3 is 0 Å². The quantitative estimate of drug-likeness (QED) is 0.197. The van der Waals surface area contributed by atoms with Crippen molar-refractivity contribution in [3.8, 4) is 0 Å². The van der Waals surface area contributed by atoms with Crippen LogP contribution in [0.15, 0.2) is 109 Å². The zero-order valence-electron chi connectivity index (χ0n) is 24.1. The molecule has 4 aromatic carbocycles. The van der Waals surface area contributed by atoms with Crippen molar-refractivity contribution in [1.29, 1.82) is 0 Å². The van der Waals surface area contributed by atoms with Gasteiger partial charge in [-0.15, -0.1) is 0 Å². The molecule has 5 heteroatoms. The van der Waals surface area contributed by atoms with Crippen molar-refractivity contribution in [1.82, 2.24) is 0 Å². The minimum atomic E-state index is -1.46. The van der Waals surface area contributed by atoms with Crippen molar-refractivity contribution in [2.45, 2.75) is 33.8 Å². The Morgan fingerprint density at radius 2 is 1.02 bits per heavy atom. The highest BCUT2D eigenvalue weighted by Gasteiger charge is 2.29. The van der Waals surface area contributed by atoms with Crippen LogP contribution in [0.3, 0.4) is 0 Å². The van der Waals surface area contributed by atoms with Crippen LogP contribution in [-0.4, -0.2) is 35.7 Å². The zero-order chi connectivity index (χ0) is 29.8. The highest BCUT2D eigenvalue weighted by molar-refractivity contribution is 6.23. The Morgan fingerprint density at radius 1 is 0.585 bits per heavy atom. The number of ketones is 3. The minimum absolute atomic E-state index is 0.00691. The molecule has 0 saturated carbocycles. The van der Waals surface area contributed by atoms with Crippen LogP contribution < -0.4 is 0 Å². The molecular formula is C36H38O5. The SMILES string of the molecule is CC(C)COCC(C)C.O=C(c1ccccc1)c1cccc(C(=O)C(O)c2ccccc2)c1C(=O)c1ccccc1. The van der Waals surface area contributed by atoms with Crippen LogP contribution >= 0.6 is 0 Å². The Kier molecular flexibility index (Phi) is 11.9. The summed E-state index contributed by atoms with van der Waals surface area (Å²) in [5.41, 5.74) is 1.29. The fourth-order valence-electron chi connectivity index (χ4n) is 4.14. The molecule has 0 aliphatic rings. The number of Topliss-reactive ketones (excluding diaryl/α,β-unsaturated/α-hetero) is 1. The highest BCUT2D eigenvalue weighted by Crippen LogP contribution is 2.27. The average Bonchev–Trinajstić information content (AvgIpc) is 3.00. The first-order valence-electron chi connectivity index (χ1n) is 13.9. The van der Waals surface area contributed by atoms with Crippen LogP contribution in [0.25, 0.3) is 0 Å². The topological polar surface area (TPSA) is 80.7 Å². The summed E-state index contributed by atoms with van der Waals surface area (Å²) in [6.45, 7) is 10.5. The van der Waals surface area contributed by atoms with Gasteiger partial charge in [0.05, 0.1) is 0 Å². The van der Waals surface area contributed by atoms with E-state index in [0.717, 1.165) is 13.2 Å². The molecule has 0 fully saturated rings. The van der Waals surface area contributed by atoms with E-state index in [0.29, 0.717) is 28.5 Å². The lowest BCUT2D eigenvalue weighted by Gasteiger charge is -2.16. The third-order valence-electron chi connectivity index (χ3n) is 6.14. The van der Waals surface area contributed by atoms with E-state index in [1.165, 1.54) is 12.1 Å². The average molecular weight is 551 g/mol. The van der Waals surface area contributed by atoms with E-state index in [-0.39, 0.29) is 22.5 Å². The number of hydrogen-bond acceptors (Lipinski definition) is 5. The summed E-state index contributed by atoms with van der Waals surface area (Å²) in [7, 11) is 0. The van der Waals surface area contributed by atoms with Gasteiger partial charge < -0.3 is 9.84 Å². The largest absolute Gasteiger partial charge is 0.381 e. The molecular weight excluding hydrogens is 512 g/mol. The second kappa shape index (κ2) is 15.6. The van der Waals surface area contributed by atoms with E-state index in [4.69, 9.17) is 4.74 Å². The normalized spacial score (nSPS) is 11.5. The molecule has 4 aromatic rings. The summed E-state index contributed by atoms with van der Waals surface area (Å²) in [5.74, 6) is -0.117. The van der Waals surface area contributed by atoms with Crippen LogP contribution in [0.5, 0.6) is 0 Å². The van der Waals surface area contributed by atoms with E-state index < -0.39 is 17.7 Å². The van der Waals surface area contributed by atoms with Crippen molar-refractivity contribution in [3.05, 3.63) is 143 Å². The van der Waals surface area contributed by atoms with Gasteiger partial charge in [-0.25, -0.2) is 0 Å². The predicted octanol–water partition coefficient (Wildman–Crippen LogP) is 7.38. The molecule has 0 aliphatic heterocycles. The Bertz CT molecular complexity index is 1400. The lowest BCUT2D eigenvalue weighted by Crippen LogP contribution is -2.20. The molecule has 41 heavy (non-hydrogen) atoms. The van der Waals surface area contributed by atoms with Crippen molar-refractivity contribution < 1.29 is 24.2 Å². The molecule has 212 valence electrons. The monoisotopic (exact) mass is 550 g/mol. The molecule has 1 N–H and O–H groups in total. The molecule has 1 atom stereocenters. The van der Waals surface area contributed by atoms with Crippen LogP contribution in [0.1, 0.15) is 81.6 Å². The number of aliphatic hydroxyl groups is 1. The summed E-state index contributed by atoms with van der Waals surface area (Å²) < 4.78 is 5.36. The highest BCUT2D eigenvalue weighted by atomic mass is 16.5. The second-order valence-electron chi connectivity index (χ2n) is 10.6. The number of rotatable bonds is 11. The number of ether oxygens (including phenoxy) is 1. The number of carbonyl (C=O) groups excluding carboxylic acids is 3. The molecule has 0 saturated heterocycles. The standard InChI is InChI=1S/C28H20O4.C8H18O/c29-25(19-11-4-1-5-12-19)22-17-10-18-23(24(22)26(30)20-13-6-2-7-14-20)28(32)27(31)21-15-8-3-9-16-21;1-7(2)5-9-6-8(3)4/h1-18,27,31H;7-8H,5-6H2,1-4H3. The van der Waals surface area contributed by atoms with Crippen LogP contribution in [0, 0.1) is 11.8 Å². The van der Waals surface area contributed by atoms with E-state index in [1.807, 2.05) is 0 Å². The van der Waals surface area contributed by atoms with Gasteiger partial charge in [-0.05, 0) is 17.4 Å². The summed E-state index contributed by atoms with van der Waals surface area (Å²) >= 11 is 0. The molecule has 0 aliphatic carbocycles. The predicted molar refractivity (Wildman–Crippen MR) is 162 cm³/mol. The van der Waals surface area contributed by atoms with Gasteiger partial charge in [0.15, 0.2) is 17.3 Å². The smallest absolute Gasteiger partial charge is 0.196 e. The van der Waals surface area contributed by atoms with E-state index in [9.17, 15) is 19.5 Å². The number of benzene rings is 4. The molecule has 5 nitrogen and oxygen atoms in total. The van der Waals surface area contributed by atoms with Crippen molar-refractivity contribution >= 4 is 17.3 Å². The summed E-state index contributed by atoms with van der Waals surface area (Å²) in [5, 5.41) is 10.7. The third-order valence-corrected chi connectivity index (χ3v) is 6.14. The first-order valence-corrected chi connectivity index (χ1v) is 13.9. The lowest BCUT2D eigenvalue weighted by molar-refractivity contribution is 0.0744. The second-order valence-corrected chi connectivity index (χ2v) is 10.6. The van der Waals surface area contributed by atoms with E-state index in [1.54, 1.807) is 97.1 Å². The minimum Gasteiger partial charge on any atom is -0.381 e. The van der Waals surface area contributed by atoms with Crippen molar-refractivity contribution in [2.75, 3.05) is 13.2 Å². The maximum Gasteiger partial charge on any atom is 0.196 e. The molecule has 0 amide bonds. The summed E-state index contributed by atoms with van der Waals surface area (Å²) in [4.78, 5) is 40.1. The van der Waals surface area contributed by atoms with Gasteiger partial charge in [-0.2, -0.15) is 0 Å². The zero-order valence-corrected chi connectivity index (χ0v) is 24.1. The molecule has 1 unspecified atom stereocenters. The summed E-state index contributed by atoms with van der Waals surface area (Å²) in [6, 6.07) is 30.1. The third kappa shape index (κ3) is 8.90.